The third-order valence-corrected chi connectivity index (χ3v) is 2.04. The van der Waals surface area contributed by atoms with E-state index in [2.05, 4.69) is 13.8 Å². The van der Waals surface area contributed by atoms with Gasteiger partial charge in [-0.3, -0.25) is 0 Å². The van der Waals surface area contributed by atoms with Crippen molar-refractivity contribution in [1.82, 2.24) is 0 Å². The number of hydrogen-bond donors (Lipinski definition) is 0. The van der Waals surface area contributed by atoms with Crippen molar-refractivity contribution < 1.29 is 5.11 Å². The van der Waals surface area contributed by atoms with E-state index in [1.807, 2.05) is 0 Å². The van der Waals surface area contributed by atoms with Crippen LogP contribution in [0.15, 0.2) is 0 Å². The van der Waals surface area contributed by atoms with E-state index in [9.17, 15) is 5.11 Å². The first-order chi connectivity index (χ1) is 4.81. The topological polar surface area (TPSA) is 19.9 Å². The molecule has 0 saturated carbocycles. The highest BCUT2D eigenvalue weighted by atomic mass is 16.2. The molecule has 1 radical (unpaired) electrons. The van der Waals surface area contributed by atoms with E-state index >= 15 is 0 Å². The normalized spacial score (nSPS) is 13.5. The molecule has 0 aromatic carbocycles. The van der Waals surface area contributed by atoms with Gasteiger partial charge in [0.25, 0.3) is 0 Å². The van der Waals surface area contributed by atoms with Gasteiger partial charge in [0, 0.05) is 0 Å². The van der Waals surface area contributed by atoms with Crippen molar-refractivity contribution in [2.24, 2.45) is 5.92 Å². The van der Waals surface area contributed by atoms with E-state index in [0.29, 0.717) is 0 Å². The summed E-state index contributed by atoms with van der Waals surface area (Å²) in [6, 6.07) is 0. The molecule has 0 aliphatic rings. The Morgan fingerprint density at radius 2 is 1.90 bits per heavy atom. The molecule has 0 aromatic heterocycles. The maximum atomic E-state index is 10.0. The molecule has 0 aromatic rings. The monoisotopic (exact) mass is 143 g/mol. The Morgan fingerprint density at radius 3 is 2.40 bits per heavy atom. The van der Waals surface area contributed by atoms with Gasteiger partial charge in [-0.1, -0.05) is 39.5 Å². The van der Waals surface area contributed by atoms with E-state index < -0.39 is 0 Å². The van der Waals surface area contributed by atoms with Crippen LogP contribution in [0, 0.1) is 5.92 Å². The summed E-state index contributed by atoms with van der Waals surface area (Å²) in [6.07, 6.45) is 5.83. The van der Waals surface area contributed by atoms with Gasteiger partial charge in [-0.2, -0.15) is 0 Å². The lowest BCUT2D eigenvalue weighted by Gasteiger charge is -2.05. The van der Waals surface area contributed by atoms with Crippen molar-refractivity contribution in [3.05, 3.63) is 0 Å². The Kier molecular flexibility index (Phi) is 7.04. The molecule has 0 saturated heterocycles. The lowest BCUT2D eigenvalue weighted by molar-refractivity contribution is 0.185. The van der Waals surface area contributed by atoms with Crippen LogP contribution in [0.5, 0.6) is 0 Å². The van der Waals surface area contributed by atoms with E-state index in [1.54, 1.807) is 0 Å². The van der Waals surface area contributed by atoms with Crippen molar-refractivity contribution >= 4 is 0 Å². The molecule has 0 aliphatic heterocycles. The molecule has 1 nitrogen and oxygen atoms in total. The van der Waals surface area contributed by atoms with Gasteiger partial charge in [0.05, 0.1) is 6.61 Å². The predicted molar refractivity (Wildman–Crippen MR) is 43.5 cm³/mol. The van der Waals surface area contributed by atoms with Gasteiger partial charge in [0.15, 0.2) is 0 Å². The average Bonchev–Trinajstić information content (AvgIpc) is 1.98. The Bertz CT molecular complexity index is 61.7. The molecule has 0 bridgehead atoms. The Hall–Kier alpha value is -0.0400. The molecule has 0 fully saturated rings. The average molecular weight is 143 g/mol. The summed E-state index contributed by atoms with van der Waals surface area (Å²) in [5, 5.41) is 10.0. The zero-order chi connectivity index (χ0) is 7.82. The highest BCUT2D eigenvalue weighted by Gasteiger charge is 1.96. The highest BCUT2D eigenvalue weighted by molar-refractivity contribution is 4.50. The van der Waals surface area contributed by atoms with Crippen molar-refractivity contribution in [3.63, 3.8) is 0 Å². The van der Waals surface area contributed by atoms with Crippen molar-refractivity contribution in [2.75, 3.05) is 6.61 Å². The lowest BCUT2D eigenvalue weighted by Crippen LogP contribution is -1.92. The zero-order valence-corrected chi connectivity index (χ0v) is 7.23. The minimum absolute atomic E-state index is 0.112. The Balaban J connectivity index is 2.89. The molecule has 10 heavy (non-hydrogen) atoms. The van der Waals surface area contributed by atoms with Gasteiger partial charge >= 0.3 is 0 Å². The summed E-state index contributed by atoms with van der Waals surface area (Å²) >= 11 is 0. The fourth-order valence-corrected chi connectivity index (χ4v) is 0.976. The smallest absolute Gasteiger partial charge is 0.0822 e. The van der Waals surface area contributed by atoms with Crippen LogP contribution >= 0.6 is 0 Å². The predicted octanol–water partition coefficient (Wildman–Crippen LogP) is 3.02. The van der Waals surface area contributed by atoms with Crippen LogP contribution < -0.4 is 0 Å². The molecule has 61 valence electrons. The van der Waals surface area contributed by atoms with Crippen LogP contribution in [-0.4, -0.2) is 6.61 Å². The van der Waals surface area contributed by atoms with Crippen molar-refractivity contribution in [3.8, 4) is 0 Å². The van der Waals surface area contributed by atoms with E-state index in [1.165, 1.54) is 19.3 Å². The largest absolute Gasteiger partial charge is 0.237 e. The van der Waals surface area contributed by atoms with Crippen LogP contribution in [0.25, 0.3) is 0 Å². The SMILES string of the molecule is CCC(C)CCCCC[O]. The van der Waals surface area contributed by atoms with Gasteiger partial charge in [-0.25, -0.2) is 5.11 Å². The second-order valence-electron chi connectivity index (χ2n) is 3.07. The first kappa shape index (κ1) is 9.96. The van der Waals surface area contributed by atoms with Gasteiger partial charge in [-0.15, -0.1) is 0 Å². The molecule has 1 unspecified atom stereocenters. The summed E-state index contributed by atoms with van der Waals surface area (Å²) in [6.45, 7) is 4.61. The molecule has 0 spiro atoms. The molecule has 0 rings (SSSR count). The molecule has 1 heteroatoms. The van der Waals surface area contributed by atoms with E-state index in [-0.39, 0.29) is 6.61 Å². The number of hydrogen-bond acceptors (Lipinski definition) is 0. The zero-order valence-electron chi connectivity index (χ0n) is 7.23. The minimum atomic E-state index is 0.112. The molecular formula is C9H19O. The molecule has 0 aliphatic carbocycles. The molecule has 0 N–H and O–H groups in total. The summed E-state index contributed by atoms with van der Waals surface area (Å²) < 4.78 is 0. The number of unbranched alkanes of at least 4 members (excludes halogenated alkanes) is 2. The first-order valence-electron chi connectivity index (χ1n) is 4.39. The van der Waals surface area contributed by atoms with Gasteiger partial charge in [0.2, 0.25) is 0 Å². The second kappa shape index (κ2) is 7.07. The van der Waals surface area contributed by atoms with Crippen molar-refractivity contribution in [1.29, 1.82) is 0 Å². The second-order valence-corrected chi connectivity index (χ2v) is 3.07. The fourth-order valence-electron chi connectivity index (χ4n) is 0.976. The van der Waals surface area contributed by atoms with E-state index in [0.717, 1.165) is 18.8 Å². The third kappa shape index (κ3) is 6.09. The summed E-state index contributed by atoms with van der Waals surface area (Å²) in [7, 11) is 0. The van der Waals surface area contributed by atoms with Crippen LogP contribution in [-0.2, 0) is 5.11 Å². The van der Waals surface area contributed by atoms with Crippen LogP contribution in [0.3, 0.4) is 0 Å². The quantitative estimate of drug-likeness (QED) is 0.509. The maximum absolute atomic E-state index is 10.0. The number of rotatable bonds is 6. The van der Waals surface area contributed by atoms with Crippen LogP contribution in [0.4, 0.5) is 0 Å². The van der Waals surface area contributed by atoms with Gasteiger partial charge in [0.1, 0.15) is 0 Å². The summed E-state index contributed by atoms with van der Waals surface area (Å²) in [5.41, 5.74) is 0. The molecule has 1 atom stereocenters. The summed E-state index contributed by atoms with van der Waals surface area (Å²) in [5.74, 6) is 0.853. The van der Waals surface area contributed by atoms with Gasteiger partial charge in [-0.05, 0) is 12.3 Å². The maximum Gasteiger partial charge on any atom is 0.0822 e. The molecule has 0 amide bonds. The molecule has 0 heterocycles. The fraction of sp³-hybridized carbons (Fsp3) is 1.00. The summed E-state index contributed by atoms with van der Waals surface area (Å²) in [4.78, 5) is 0. The first-order valence-corrected chi connectivity index (χ1v) is 4.39. The highest BCUT2D eigenvalue weighted by Crippen LogP contribution is 2.11. The van der Waals surface area contributed by atoms with Gasteiger partial charge < -0.3 is 0 Å². The van der Waals surface area contributed by atoms with E-state index in [4.69, 9.17) is 0 Å². The lowest BCUT2D eigenvalue weighted by atomic mass is 10.0. The standard InChI is InChI=1S/C9H19O/c1-3-9(2)7-5-4-6-8-10/h9H,3-8H2,1-2H3. The molecular weight excluding hydrogens is 124 g/mol. The third-order valence-electron chi connectivity index (χ3n) is 2.04. The minimum Gasteiger partial charge on any atom is -0.237 e. The van der Waals surface area contributed by atoms with Crippen LogP contribution in [0.1, 0.15) is 46.0 Å². The Labute approximate surface area is 64.5 Å². The van der Waals surface area contributed by atoms with Crippen LogP contribution in [0.2, 0.25) is 0 Å². The van der Waals surface area contributed by atoms with Crippen molar-refractivity contribution in [2.45, 2.75) is 46.0 Å². The Morgan fingerprint density at radius 1 is 1.20 bits per heavy atom.